The van der Waals surface area contributed by atoms with E-state index in [9.17, 15) is 23.3 Å². The number of rotatable bonds is 4. The fraction of sp³-hybridized carbons (Fsp3) is 0.364. The number of hydrogen-bond acceptors (Lipinski definition) is 7. The number of sulfonamides is 1. The summed E-state index contributed by atoms with van der Waals surface area (Å²) in [5.41, 5.74) is 2.15. The van der Waals surface area contributed by atoms with Crippen molar-refractivity contribution in [3.05, 3.63) is 34.4 Å². The van der Waals surface area contributed by atoms with Crippen LogP contribution in [-0.2, 0) is 14.8 Å². The summed E-state index contributed by atoms with van der Waals surface area (Å²) in [6, 6.07) is 3.31. The molecule has 1 aromatic carbocycles. The number of amides is 2. The van der Waals surface area contributed by atoms with Gasteiger partial charge >= 0.3 is 6.03 Å². The Kier molecular flexibility index (Phi) is 4.90. The third-order valence-corrected chi connectivity index (χ3v) is 4.20. The number of hydrazine groups is 1. The maximum absolute atomic E-state index is 12.0. The number of nitro groups is 1. The summed E-state index contributed by atoms with van der Waals surface area (Å²) in [5, 5.41) is 12.1. The zero-order valence-corrected chi connectivity index (χ0v) is 12.2. The summed E-state index contributed by atoms with van der Waals surface area (Å²) in [6.45, 7) is 1.78. The Morgan fingerprint density at radius 2 is 1.82 bits per heavy atom. The fourth-order valence-corrected chi connectivity index (χ4v) is 2.67. The second kappa shape index (κ2) is 6.68. The fourth-order valence-electron chi connectivity index (χ4n) is 1.77. The first-order valence-electron chi connectivity index (χ1n) is 6.29. The molecule has 0 aliphatic carbocycles. The molecule has 120 valence electrons. The quantitative estimate of drug-likeness (QED) is 0.579. The molecule has 2 amide bonds. The molecule has 0 spiro atoms. The molecule has 0 radical (unpaired) electrons. The van der Waals surface area contributed by atoms with E-state index in [1.54, 1.807) is 0 Å². The van der Waals surface area contributed by atoms with Gasteiger partial charge in [0, 0.05) is 25.2 Å². The molecule has 2 rings (SSSR count). The van der Waals surface area contributed by atoms with E-state index < -0.39 is 21.0 Å². The molecule has 0 saturated carbocycles. The van der Waals surface area contributed by atoms with E-state index in [4.69, 9.17) is 4.74 Å². The zero-order valence-electron chi connectivity index (χ0n) is 11.4. The molecule has 0 aromatic heterocycles. The number of carbonyl (C=O) groups is 1. The Labute approximate surface area is 126 Å². The summed E-state index contributed by atoms with van der Waals surface area (Å²) in [5.74, 6) is 0. The second-order valence-electron chi connectivity index (χ2n) is 4.40. The van der Waals surface area contributed by atoms with Gasteiger partial charge in [-0.25, -0.2) is 22.9 Å². The highest BCUT2D eigenvalue weighted by Gasteiger charge is 2.20. The summed E-state index contributed by atoms with van der Waals surface area (Å²) in [7, 11) is -4.10. The van der Waals surface area contributed by atoms with E-state index in [0.29, 0.717) is 26.3 Å². The van der Waals surface area contributed by atoms with E-state index in [0.717, 1.165) is 24.3 Å². The van der Waals surface area contributed by atoms with Gasteiger partial charge in [0.15, 0.2) is 0 Å². The van der Waals surface area contributed by atoms with Crippen LogP contribution in [0.15, 0.2) is 29.2 Å². The van der Waals surface area contributed by atoms with Gasteiger partial charge in [-0.2, -0.15) is 0 Å². The summed E-state index contributed by atoms with van der Waals surface area (Å²) < 4.78 is 30.9. The normalized spacial score (nSPS) is 16.0. The van der Waals surface area contributed by atoms with E-state index >= 15 is 0 Å². The van der Waals surface area contributed by atoms with Gasteiger partial charge < -0.3 is 4.74 Å². The van der Waals surface area contributed by atoms with Crippen LogP contribution in [0.1, 0.15) is 0 Å². The Balaban J connectivity index is 2.00. The van der Waals surface area contributed by atoms with Crippen LogP contribution in [0.25, 0.3) is 0 Å². The molecule has 0 bridgehead atoms. The van der Waals surface area contributed by atoms with Crippen LogP contribution >= 0.6 is 0 Å². The smallest absolute Gasteiger partial charge is 0.343 e. The number of carbonyl (C=O) groups excluding carboxylic acids is 1. The van der Waals surface area contributed by atoms with Gasteiger partial charge in [-0.15, -0.1) is 0 Å². The number of urea groups is 1. The number of nitro benzene ring substituents is 1. The van der Waals surface area contributed by atoms with Gasteiger partial charge in [0.1, 0.15) is 0 Å². The van der Waals surface area contributed by atoms with Gasteiger partial charge in [-0.05, 0) is 12.1 Å². The lowest BCUT2D eigenvalue weighted by Crippen LogP contribution is -2.52. The maximum atomic E-state index is 12.0. The third-order valence-electron chi connectivity index (χ3n) is 2.86. The van der Waals surface area contributed by atoms with Crippen LogP contribution in [0.5, 0.6) is 0 Å². The lowest BCUT2D eigenvalue weighted by molar-refractivity contribution is -0.384. The molecule has 1 aliphatic rings. The maximum Gasteiger partial charge on any atom is 0.343 e. The van der Waals surface area contributed by atoms with Gasteiger partial charge in [-0.1, -0.05) is 0 Å². The number of non-ortho nitro benzene ring substituents is 1. The predicted octanol–water partition coefficient (Wildman–Crippen LogP) is -0.170. The van der Waals surface area contributed by atoms with Crippen LogP contribution in [-0.4, -0.2) is 50.7 Å². The minimum atomic E-state index is -4.10. The Hall–Kier alpha value is -2.24. The third kappa shape index (κ3) is 4.13. The molecule has 2 N–H and O–H groups in total. The van der Waals surface area contributed by atoms with Crippen LogP contribution in [0.3, 0.4) is 0 Å². The molecule has 0 atom stereocenters. The molecule has 10 nitrogen and oxygen atoms in total. The second-order valence-corrected chi connectivity index (χ2v) is 6.08. The van der Waals surface area contributed by atoms with Gasteiger partial charge in [0.05, 0.1) is 23.0 Å². The van der Waals surface area contributed by atoms with Crippen molar-refractivity contribution in [2.45, 2.75) is 4.90 Å². The van der Waals surface area contributed by atoms with Crippen molar-refractivity contribution < 1.29 is 22.9 Å². The number of morpholine rings is 1. The van der Waals surface area contributed by atoms with Gasteiger partial charge in [0.25, 0.3) is 15.7 Å². The number of ether oxygens (including phenoxy) is 1. The molecular formula is C11H14N4O6S. The molecule has 11 heteroatoms. The topological polar surface area (TPSA) is 131 Å². The van der Waals surface area contributed by atoms with Crippen molar-refractivity contribution in [2.24, 2.45) is 0 Å². The molecule has 1 aliphatic heterocycles. The van der Waals surface area contributed by atoms with Crippen LogP contribution < -0.4 is 10.1 Å². The molecule has 1 saturated heterocycles. The van der Waals surface area contributed by atoms with Crippen molar-refractivity contribution in [1.82, 2.24) is 15.2 Å². The number of nitrogens with one attached hydrogen (secondary N) is 2. The van der Waals surface area contributed by atoms with Crippen molar-refractivity contribution in [1.29, 1.82) is 0 Å². The predicted molar refractivity (Wildman–Crippen MR) is 74.3 cm³/mol. The highest BCUT2D eigenvalue weighted by molar-refractivity contribution is 7.90. The standard InChI is InChI=1S/C11H14N4O6S/c16-11(12-14-5-7-21-8-6-14)13-22(19,20)10-3-1-9(2-4-10)15(17)18/h1-4H,5-8H2,(H2,12,13,16). The SMILES string of the molecule is O=C(NN1CCOCC1)NS(=O)(=O)c1ccc([N+](=O)[O-])cc1. The first-order valence-corrected chi connectivity index (χ1v) is 7.77. The number of nitrogens with zero attached hydrogens (tertiary/aromatic N) is 2. The first kappa shape index (κ1) is 16.1. The first-order chi connectivity index (χ1) is 10.4. The Morgan fingerprint density at radius 1 is 1.23 bits per heavy atom. The van der Waals surface area contributed by atoms with E-state index in [1.807, 2.05) is 4.72 Å². The largest absolute Gasteiger partial charge is 0.379 e. The molecule has 1 fully saturated rings. The van der Waals surface area contributed by atoms with E-state index in [2.05, 4.69) is 5.43 Å². The molecule has 0 unspecified atom stereocenters. The zero-order chi connectivity index (χ0) is 16.2. The molecule has 1 aromatic rings. The van der Waals surface area contributed by atoms with Gasteiger partial charge in [0.2, 0.25) is 0 Å². The summed E-state index contributed by atoms with van der Waals surface area (Å²) in [6.07, 6.45) is 0. The minimum Gasteiger partial charge on any atom is -0.379 e. The lowest BCUT2D eigenvalue weighted by atomic mass is 10.3. The van der Waals surface area contributed by atoms with Crippen molar-refractivity contribution >= 4 is 21.7 Å². The Bertz CT molecular complexity index is 654. The summed E-state index contributed by atoms with van der Waals surface area (Å²) in [4.78, 5) is 21.3. The molecular weight excluding hydrogens is 316 g/mol. The lowest BCUT2D eigenvalue weighted by Gasteiger charge is -2.26. The van der Waals surface area contributed by atoms with Crippen molar-refractivity contribution in [2.75, 3.05) is 26.3 Å². The minimum absolute atomic E-state index is 0.239. The van der Waals surface area contributed by atoms with Crippen molar-refractivity contribution in [3.63, 3.8) is 0 Å². The average Bonchev–Trinajstić information content (AvgIpc) is 2.47. The van der Waals surface area contributed by atoms with E-state index in [1.165, 1.54) is 5.01 Å². The van der Waals surface area contributed by atoms with Crippen LogP contribution in [0, 0.1) is 10.1 Å². The van der Waals surface area contributed by atoms with Crippen LogP contribution in [0.2, 0.25) is 0 Å². The Morgan fingerprint density at radius 3 is 2.36 bits per heavy atom. The average molecular weight is 330 g/mol. The molecule has 1 heterocycles. The number of hydrogen-bond donors (Lipinski definition) is 2. The van der Waals surface area contributed by atoms with Crippen molar-refractivity contribution in [3.8, 4) is 0 Å². The molecule has 22 heavy (non-hydrogen) atoms. The van der Waals surface area contributed by atoms with Crippen LogP contribution in [0.4, 0.5) is 10.5 Å². The monoisotopic (exact) mass is 330 g/mol. The number of benzene rings is 1. The highest BCUT2D eigenvalue weighted by Crippen LogP contribution is 2.15. The highest BCUT2D eigenvalue weighted by atomic mass is 32.2. The summed E-state index contributed by atoms with van der Waals surface area (Å²) >= 11 is 0. The van der Waals surface area contributed by atoms with E-state index in [-0.39, 0.29) is 10.6 Å². The van der Waals surface area contributed by atoms with Gasteiger partial charge in [-0.3, -0.25) is 15.5 Å².